The summed E-state index contributed by atoms with van der Waals surface area (Å²) in [6.45, 7) is 2.51. The van der Waals surface area contributed by atoms with Crippen LogP contribution >= 0.6 is 23.6 Å². The summed E-state index contributed by atoms with van der Waals surface area (Å²) in [6.07, 6.45) is 0. The SMILES string of the molecule is Cc1nc2ccc(NC(=S)NCCO)cc2s1. The van der Waals surface area contributed by atoms with Gasteiger partial charge in [0.15, 0.2) is 5.11 Å². The second kappa shape index (κ2) is 5.39. The zero-order valence-corrected chi connectivity index (χ0v) is 11.0. The first-order valence-corrected chi connectivity index (χ1v) is 6.44. The first kappa shape index (κ1) is 12.2. The summed E-state index contributed by atoms with van der Waals surface area (Å²) in [5.41, 5.74) is 1.93. The van der Waals surface area contributed by atoms with Crippen molar-refractivity contribution in [1.29, 1.82) is 0 Å². The van der Waals surface area contributed by atoms with Crippen LogP contribution in [-0.4, -0.2) is 28.4 Å². The lowest BCUT2D eigenvalue weighted by Crippen LogP contribution is -2.30. The molecule has 0 amide bonds. The van der Waals surface area contributed by atoms with Crippen LogP contribution in [-0.2, 0) is 0 Å². The Morgan fingerprint density at radius 2 is 2.35 bits per heavy atom. The average molecular weight is 267 g/mol. The van der Waals surface area contributed by atoms with Crippen LogP contribution in [0.15, 0.2) is 18.2 Å². The predicted octanol–water partition coefficient (Wildman–Crippen LogP) is 1.88. The zero-order chi connectivity index (χ0) is 12.3. The van der Waals surface area contributed by atoms with Gasteiger partial charge in [0.25, 0.3) is 0 Å². The Morgan fingerprint density at radius 3 is 3.12 bits per heavy atom. The highest BCUT2D eigenvalue weighted by molar-refractivity contribution is 7.80. The number of aliphatic hydroxyl groups excluding tert-OH is 1. The molecular formula is C11H13N3OS2. The molecule has 3 N–H and O–H groups in total. The van der Waals surface area contributed by atoms with Gasteiger partial charge in [-0.05, 0) is 37.3 Å². The van der Waals surface area contributed by atoms with Crippen LogP contribution in [0.3, 0.4) is 0 Å². The Kier molecular flexibility index (Phi) is 3.88. The molecule has 17 heavy (non-hydrogen) atoms. The van der Waals surface area contributed by atoms with Crippen LogP contribution in [0.4, 0.5) is 5.69 Å². The van der Waals surface area contributed by atoms with Crippen LogP contribution in [0.2, 0.25) is 0 Å². The Hall–Kier alpha value is -1.24. The number of aliphatic hydroxyl groups is 1. The average Bonchev–Trinajstić information content (AvgIpc) is 2.65. The molecular weight excluding hydrogens is 254 g/mol. The predicted molar refractivity (Wildman–Crippen MR) is 75.7 cm³/mol. The second-order valence-electron chi connectivity index (χ2n) is 3.52. The molecule has 1 heterocycles. The lowest BCUT2D eigenvalue weighted by molar-refractivity contribution is 0.301. The minimum Gasteiger partial charge on any atom is -0.395 e. The molecule has 90 valence electrons. The molecule has 0 aliphatic heterocycles. The third-order valence-electron chi connectivity index (χ3n) is 2.15. The lowest BCUT2D eigenvalue weighted by Gasteiger charge is -2.08. The first-order chi connectivity index (χ1) is 8.19. The minimum atomic E-state index is 0.0644. The van der Waals surface area contributed by atoms with E-state index in [1.807, 2.05) is 25.1 Å². The number of thiazole rings is 1. The molecule has 0 unspecified atom stereocenters. The monoisotopic (exact) mass is 267 g/mol. The molecule has 0 saturated heterocycles. The number of benzene rings is 1. The molecule has 0 atom stereocenters. The maximum absolute atomic E-state index is 8.67. The number of nitrogens with zero attached hydrogens (tertiary/aromatic N) is 1. The number of hydrogen-bond donors (Lipinski definition) is 3. The number of aromatic nitrogens is 1. The van der Waals surface area contributed by atoms with Crippen molar-refractivity contribution in [2.24, 2.45) is 0 Å². The van der Waals surface area contributed by atoms with E-state index in [2.05, 4.69) is 15.6 Å². The van der Waals surface area contributed by atoms with Gasteiger partial charge in [0.1, 0.15) is 0 Å². The largest absolute Gasteiger partial charge is 0.395 e. The molecule has 1 aromatic carbocycles. The molecule has 0 bridgehead atoms. The Bertz CT molecular complexity index is 538. The van der Waals surface area contributed by atoms with Gasteiger partial charge in [0.05, 0.1) is 21.8 Å². The van der Waals surface area contributed by atoms with E-state index in [0.717, 1.165) is 20.9 Å². The summed E-state index contributed by atoms with van der Waals surface area (Å²) in [6, 6.07) is 5.93. The van der Waals surface area contributed by atoms with Crippen molar-refractivity contribution in [3.63, 3.8) is 0 Å². The normalized spacial score (nSPS) is 10.5. The molecule has 0 aliphatic carbocycles. The van der Waals surface area contributed by atoms with E-state index in [1.54, 1.807) is 11.3 Å². The Morgan fingerprint density at radius 1 is 1.53 bits per heavy atom. The Balaban J connectivity index is 2.10. The van der Waals surface area contributed by atoms with Crippen molar-refractivity contribution in [3.05, 3.63) is 23.2 Å². The fourth-order valence-corrected chi connectivity index (χ4v) is 2.55. The number of nitrogens with one attached hydrogen (secondary N) is 2. The van der Waals surface area contributed by atoms with E-state index in [-0.39, 0.29) is 6.61 Å². The van der Waals surface area contributed by atoms with Gasteiger partial charge >= 0.3 is 0 Å². The summed E-state index contributed by atoms with van der Waals surface area (Å²) in [7, 11) is 0. The molecule has 2 rings (SSSR count). The maximum atomic E-state index is 8.67. The van der Waals surface area contributed by atoms with Crippen LogP contribution in [0.5, 0.6) is 0 Å². The second-order valence-corrected chi connectivity index (χ2v) is 5.16. The molecule has 0 spiro atoms. The molecule has 4 nitrogen and oxygen atoms in total. The van der Waals surface area contributed by atoms with Gasteiger partial charge in [-0.3, -0.25) is 0 Å². The van der Waals surface area contributed by atoms with Gasteiger partial charge in [-0.25, -0.2) is 4.98 Å². The molecule has 0 aliphatic rings. The summed E-state index contributed by atoms with van der Waals surface area (Å²) in [5, 5.41) is 16.2. The van der Waals surface area contributed by atoms with Gasteiger partial charge < -0.3 is 15.7 Å². The van der Waals surface area contributed by atoms with Gasteiger partial charge in [0, 0.05) is 12.2 Å². The van der Waals surface area contributed by atoms with E-state index in [1.165, 1.54) is 0 Å². The zero-order valence-electron chi connectivity index (χ0n) is 9.36. The highest BCUT2D eigenvalue weighted by atomic mass is 32.1. The fraction of sp³-hybridized carbons (Fsp3) is 0.273. The number of hydrogen-bond acceptors (Lipinski definition) is 4. The highest BCUT2D eigenvalue weighted by Gasteiger charge is 2.02. The fourth-order valence-electron chi connectivity index (χ4n) is 1.46. The van der Waals surface area contributed by atoms with Crippen molar-refractivity contribution in [3.8, 4) is 0 Å². The van der Waals surface area contributed by atoms with Gasteiger partial charge in [-0.15, -0.1) is 11.3 Å². The molecule has 0 saturated carbocycles. The molecule has 0 fully saturated rings. The topological polar surface area (TPSA) is 57.2 Å². The van der Waals surface area contributed by atoms with Crippen molar-refractivity contribution >= 4 is 44.6 Å². The van der Waals surface area contributed by atoms with Crippen LogP contribution in [0, 0.1) is 6.92 Å². The first-order valence-electron chi connectivity index (χ1n) is 5.22. The quantitative estimate of drug-likeness (QED) is 0.741. The molecule has 2 aromatic rings. The number of aryl methyl sites for hydroxylation is 1. The number of fused-ring (bicyclic) bond motifs is 1. The maximum Gasteiger partial charge on any atom is 0.170 e. The molecule has 0 radical (unpaired) electrons. The molecule has 6 heteroatoms. The summed E-state index contributed by atoms with van der Waals surface area (Å²) >= 11 is 6.74. The third kappa shape index (κ3) is 3.12. The van der Waals surface area contributed by atoms with Gasteiger partial charge in [-0.1, -0.05) is 0 Å². The smallest absolute Gasteiger partial charge is 0.170 e. The third-order valence-corrected chi connectivity index (χ3v) is 3.33. The van der Waals surface area contributed by atoms with Crippen molar-refractivity contribution < 1.29 is 5.11 Å². The summed E-state index contributed by atoms with van der Waals surface area (Å²) < 4.78 is 1.14. The standard InChI is InChI=1S/C11H13N3OS2/c1-7-13-9-3-2-8(6-10(9)17-7)14-11(16)12-4-5-15/h2-3,6,15H,4-5H2,1H3,(H2,12,14,16). The van der Waals surface area contributed by atoms with Crippen molar-refractivity contribution in [2.45, 2.75) is 6.92 Å². The van der Waals surface area contributed by atoms with E-state index in [0.29, 0.717) is 11.7 Å². The molecule has 1 aromatic heterocycles. The van der Waals surface area contributed by atoms with E-state index < -0.39 is 0 Å². The minimum absolute atomic E-state index is 0.0644. The Labute approximate surface area is 109 Å². The van der Waals surface area contributed by atoms with Gasteiger partial charge in [0.2, 0.25) is 0 Å². The summed E-state index contributed by atoms with van der Waals surface area (Å²) in [5.74, 6) is 0. The van der Waals surface area contributed by atoms with Crippen molar-refractivity contribution in [2.75, 3.05) is 18.5 Å². The van der Waals surface area contributed by atoms with E-state index >= 15 is 0 Å². The van der Waals surface area contributed by atoms with Crippen LogP contribution in [0.25, 0.3) is 10.2 Å². The summed E-state index contributed by atoms with van der Waals surface area (Å²) in [4.78, 5) is 4.39. The number of thiocarbonyl (C=S) groups is 1. The van der Waals surface area contributed by atoms with E-state index in [9.17, 15) is 0 Å². The number of rotatable bonds is 3. The van der Waals surface area contributed by atoms with Crippen molar-refractivity contribution in [1.82, 2.24) is 10.3 Å². The van der Waals surface area contributed by atoms with Crippen LogP contribution in [0.1, 0.15) is 5.01 Å². The highest BCUT2D eigenvalue weighted by Crippen LogP contribution is 2.24. The lowest BCUT2D eigenvalue weighted by atomic mass is 10.3. The van der Waals surface area contributed by atoms with E-state index in [4.69, 9.17) is 17.3 Å². The van der Waals surface area contributed by atoms with Gasteiger partial charge in [-0.2, -0.15) is 0 Å². The number of anilines is 1. The van der Waals surface area contributed by atoms with Crippen LogP contribution < -0.4 is 10.6 Å².